The molecule has 27 heavy (non-hydrogen) atoms. The lowest BCUT2D eigenvalue weighted by Gasteiger charge is -2.36. The van der Waals surface area contributed by atoms with Crippen molar-refractivity contribution >= 4 is 11.7 Å². The first-order valence-corrected chi connectivity index (χ1v) is 9.51. The molecule has 0 amide bonds. The zero-order valence-corrected chi connectivity index (χ0v) is 17.0. The highest BCUT2D eigenvalue weighted by atomic mass is 16.5. The summed E-state index contributed by atoms with van der Waals surface area (Å²) in [5, 5.41) is 0. The van der Waals surface area contributed by atoms with Crippen molar-refractivity contribution in [1.29, 1.82) is 0 Å². The van der Waals surface area contributed by atoms with Crippen molar-refractivity contribution in [3.63, 3.8) is 0 Å². The van der Waals surface area contributed by atoms with Gasteiger partial charge in [-0.3, -0.25) is 4.79 Å². The molecular weight excluding hydrogens is 344 g/mol. The Balaban J connectivity index is 2.13. The van der Waals surface area contributed by atoms with E-state index in [0.29, 0.717) is 17.9 Å². The molecule has 1 unspecified atom stereocenters. The van der Waals surface area contributed by atoms with Crippen LogP contribution in [-0.2, 0) is 27.1 Å². The summed E-state index contributed by atoms with van der Waals surface area (Å²) < 4.78 is 17.6. The van der Waals surface area contributed by atoms with Crippen LogP contribution in [0.1, 0.15) is 64.9 Å². The van der Waals surface area contributed by atoms with Gasteiger partial charge in [-0.2, -0.15) is 0 Å². The summed E-state index contributed by atoms with van der Waals surface area (Å²) in [5.41, 5.74) is 1.09. The number of carbonyl (C=O) groups is 1. The number of fused-ring (bicyclic) bond motifs is 2. The summed E-state index contributed by atoms with van der Waals surface area (Å²) in [7, 11) is 0. The van der Waals surface area contributed by atoms with Gasteiger partial charge in [-0.1, -0.05) is 19.4 Å². The van der Waals surface area contributed by atoms with E-state index < -0.39 is 17.1 Å². The maximum atomic E-state index is 12.5. The number of aryl methyl sites for hydroxylation is 1. The standard InChI is InChI=1S/C22H28O5/c1-7-8-13-11-17(23)25-16-12-15(26-20(24)21(2,3)4)14-9-10-22(5,6)27-19(14)18(13)16/h9-11,15H,7-8,12H2,1-6H3. The van der Waals surface area contributed by atoms with Crippen LogP contribution in [0, 0.1) is 5.41 Å². The number of ether oxygens (including phenoxy) is 2. The molecule has 0 radical (unpaired) electrons. The largest absolute Gasteiger partial charge is 0.483 e. The van der Waals surface area contributed by atoms with E-state index in [4.69, 9.17) is 13.9 Å². The van der Waals surface area contributed by atoms with Gasteiger partial charge in [0.15, 0.2) is 0 Å². The molecule has 1 aromatic heterocycles. The first-order chi connectivity index (χ1) is 12.5. The van der Waals surface area contributed by atoms with Gasteiger partial charge in [-0.05, 0) is 52.7 Å². The van der Waals surface area contributed by atoms with E-state index in [1.807, 2.05) is 46.8 Å². The molecular formula is C22H28O5. The van der Waals surface area contributed by atoms with E-state index in [0.717, 1.165) is 29.5 Å². The molecule has 0 saturated carbocycles. The Morgan fingerprint density at radius 3 is 2.67 bits per heavy atom. The second kappa shape index (κ2) is 6.70. The van der Waals surface area contributed by atoms with Crippen LogP contribution in [0.4, 0.5) is 0 Å². The fourth-order valence-corrected chi connectivity index (χ4v) is 3.34. The Hall–Kier alpha value is -2.30. The van der Waals surface area contributed by atoms with Gasteiger partial charge >= 0.3 is 11.6 Å². The Bertz CT molecular complexity index is 877. The average Bonchev–Trinajstić information content (AvgIpc) is 2.52. The summed E-state index contributed by atoms with van der Waals surface area (Å²) in [4.78, 5) is 24.5. The molecule has 5 nitrogen and oxygen atoms in total. The fourth-order valence-electron chi connectivity index (χ4n) is 3.34. The fraction of sp³-hybridized carbons (Fsp3) is 0.545. The minimum absolute atomic E-state index is 0.298. The number of hydrogen-bond donors (Lipinski definition) is 0. The Morgan fingerprint density at radius 1 is 1.33 bits per heavy atom. The molecule has 0 bridgehead atoms. The van der Waals surface area contributed by atoms with Crippen molar-refractivity contribution in [2.75, 3.05) is 0 Å². The molecule has 0 fully saturated rings. The molecule has 5 heteroatoms. The highest BCUT2D eigenvalue weighted by Crippen LogP contribution is 2.42. The smallest absolute Gasteiger partial charge is 0.336 e. The van der Waals surface area contributed by atoms with Gasteiger partial charge in [0.1, 0.15) is 23.2 Å². The van der Waals surface area contributed by atoms with Crippen LogP contribution < -0.4 is 5.63 Å². The highest BCUT2D eigenvalue weighted by molar-refractivity contribution is 5.78. The summed E-state index contributed by atoms with van der Waals surface area (Å²) in [6.45, 7) is 11.5. The molecule has 2 heterocycles. The van der Waals surface area contributed by atoms with Crippen molar-refractivity contribution in [1.82, 2.24) is 0 Å². The van der Waals surface area contributed by atoms with E-state index in [9.17, 15) is 9.59 Å². The zero-order chi connectivity index (χ0) is 20.0. The van der Waals surface area contributed by atoms with Gasteiger partial charge in [-0.25, -0.2) is 4.79 Å². The maximum Gasteiger partial charge on any atom is 0.336 e. The third-order valence-electron chi connectivity index (χ3n) is 4.73. The van der Waals surface area contributed by atoms with E-state index >= 15 is 0 Å². The molecule has 0 N–H and O–H groups in total. The normalized spacial score (nSPS) is 20.6. The van der Waals surface area contributed by atoms with Crippen LogP contribution in [0.15, 0.2) is 33.0 Å². The van der Waals surface area contributed by atoms with Crippen molar-refractivity contribution < 1.29 is 18.7 Å². The minimum Gasteiger partial charge on any atom is -0.483 e. The van der Waals surface area contributed by atoms with Gasteiger partial charge in [-0.15, -0.1) is 0 Å². The second-order valence-electron chi connectivity index (χ2n) is 8.81. The summed E-state index contributed by atoms with van der Waals surface area (Å²) in [6.07, 6.45) is 5.39. The third kappa shape index (κ3) is 3.87. The molecule has 2 aliphatic rings. The molecule has 1 aliphatic heterocycles. The number of rotatable bonds is 3. The highest BCUT2D eigenvalue weighted by Gasteiger charge is 2.39. The van der Waals surface area contributed by atoms with Crippen LogP contribution in [0.3, 0.4) is 0 Å². The van der Waals surface area contributed by atoms with Crippen molar-refractivity contribution in [3.8, 4) is 0 Å². The molecule has 0 aromatic carbocycles. The molecule has 0 saturated heterocycles. The zero-order valence-electron chi connectivity index (χ0n) is 17.0. The first kappa shape index (κ1) is 19.5. The predicted octanol–water partition coefficient (Wildman–Crippen LogP) is 4.18. The van der Waals surface area contributed by atoms with E-state index in [2.05, 4.69) is 6.92 Å². The summed E-state index contributed by atoms with van der Waals surface area (Å²) in [5.74, 6) is 0.887. The quantitative estimate of drug-likeness (QED) is 0.745. The third-order valence-corrected chi connectivity index (χ3v) is 4.73. The van der Waals surface area contributed by atoms with Crippen molar-refractivity contribution in [3.05, 3.63) is 51.1 Å². The first-order valence-electron chi connectivity index (χ1n) is 9.51. The molecule has 0 spiro atoms. The Morgan fingerprint density at radius 2 is 2.04 bits per heavy atom. The lowest BCUT2D eigenvalue weighted by molar-refractivity contribution is -0.156. The number of esters is 1. The SMILES string of the molecule is CCCc1cc(=O)oc2c1C1=C(C=CC(C)(C)O1)C(OC(=O)C(C)(C)C)C2. The van der Waals surface area contributed by atoms with Crippen molar-refractivity contribution in [2.45, 2.75) is 72.5 Å². The molecule has 1 aliphatic carbocycles. The summed E-state index contributed by atoms with van der Waals surface area (Å²) in [6, 6.07) is 1.54. The van der Waals surface area contributed by atoms with Crippen LogP contribution in [-0.4, -0.2) is 17.7 Å². The lowest BCUT2D eigenvalue weighted by atomic mass is 9.85. The Labute approximate surface area is 160 Å². The average molecular weight is 372 g/mol. The van der Waals surface area contributed by atoms with E-state index in [1.165, 1.54) is 0 Å². The maximum absolute atomic E-state index is 12.5. The van der Waals surface area contributed by atoms with E-state index in [1.54, 1.807) is 6.07 Å². The molecule has 146 valence electrons. The van der Waals surface area contributed by atoms with Gasteiger partial charge in [0.2, 0.25) is 0 Å². The van der Waals surface area contributed by atoms with Gasteiger partial charge in [0.25, 0.3) is 0 Å². The number of hydrogen-bond acceptors (Lipinski definition) is 5. The second-order valence-corrected chi connectivity index (χ2v) is 8.81. The molecule has 1 atom stereocenters. The molecule has 3 rings (SSSR count). The van der Waals surface area contributed by atoms with Gasteiger partial charge in [0.05, 0.1) is 11.0 Å². The Kier molecular flexibility index (Phi) is 4.83. The van der Waals surface area contributed by atoms with Crippen LogP contribution in [0.2, 0.25) is 0 Å². The summed E-state index contributed by atoms with van der Waals surface area (Å²) >= 11 is 0. The van der Waals surface area contributed by atoms with Gasteiger partial charge in [0, 0.05) is 18.1 Å². The van der Waals surface area contributed by atoms with E-state index in [-0.39, 0.29) is 11.6 Å². The minimum atomic E-state index is -0.621. The predicted molar refractivity (Wildman–Crippen MR) is 103 cm³/mol. The van der Waals surface area contributed by atoms with Crippen LogP contribution in [0.5, 0.6) is 0 Å². The lowest BCUT2D eigenvalue weighted by Crippen LogP contribution is -2.36. The monoisotopic (exact) mass is 372 g/mol. The topological polar surface area (TPSA) is 65.7 Å². The van der Waals surface area contributed by atoms with Crippen LogP contribution >= 0.6 is 0 Å². The van der Waals surface area contributed by atoms with Gasteiger partial charge < -0.3 is 13.9 Å². The molecule has 1 aromatic rings. The van der Waals surface area contributed by atoms with Crippen molar-refractivity contribution in [2.24, 2.45) is 5.41 Å². The van der Waals surface area contributed by atoms with Crippen LogP contribution in [0.25, 0.3) is 5.76 Å². The number of carbonyl (C=O) groups excluding carboxylic acids is 1.